The van der Waals surface area contributed by atoms with E-state index in [1.54, 1.807) is 0 Å². The fourth-order valence-corrected chi connectivity index (χ4v) is 2.89. The molecule has 2 fully saturated rings. The molecule has 0 aromatic rings. The molecule has 1 aliphatic carbocycles. The molecule has 1 heterocycles. The maximum Gasteiger partial charge on any atom is 0.234 e. The summed E-state index contributed by atoms with van der Waals surface area (Å²) in [6.07, 6.45) is 6.35. The molecular formula is C15H27N3O3. The number of rotatable bonds is 6. The van der Waals surface area contributed by atoms with Crippen molar-refractivity contribution in [3.8, 4) is 0 Å². The van der Waals surface area contributed by atoms with E-state index < -0.39 is 0 Å². The Morgan fingerprint density at radius 2 is 1.81 bits per heavy atom. The monoisotopic (exact) mass is 297 g/mol. The van der Waals surface area contributed by atoms with Gasteiger partial charge in [-0.1, -0.05) is 19.3 Å². The lowest BCUT2D eigenvalue weighted by Crippen LogP contribution is -2.43. The molecule has 6 nitrogen and oxygen atoms in total. The van der Waals surface area contributed by atoms with Gasteiger partial charge in [-0.15, -0.1) is 0 Å². The number of carbonyl (C=O) groups is 2. The number of hydrogen-bond acceptors (Lipinski definition) is 4. The summed E-state index contributed by atoms with van der Waals surface area (Å²) in [5, 5.41) is 6.11. The van der Waals surface area contributed by atoms with Crippen molar-refractivity contribution in [3.63, 3.8) is 0 Å². The van der Waals surface area contributed by atoms with Gasteiger partial charge in [-0.25, -0.2) is 0 Å². The second-order valence-corrected chi connectivity index (χ2v) is 5.82. The van der Waals surface area contributed by atoms with Gasteiger partial charge >= 0.3 is 0 Å². The summed E-state index contributed by atoms with van der Waals surface area (Å²) < 4.78 is 5.22. The van der Waals surface area contributed by atoms with Crippen LogP contribution in [-0.4, -0.2) is 62.1 Å². The lowest BCUT2D eigenvalue weighted by atomic mass is 9.95. The maximum absolute atomic E-state index is 11.9. The second kappa shape index (κ2) is 9.00. The Balaban J connectivity index is 1.52. The minimum absolute atomic E-state index is 0.0423. The van der Waals surface area contributed by atoms with Gasteiger partial charge in [-0.3, -0.25) is 9.59 Å². The summed E-state index contributed by atoms with van der Waals surface area (Å²) in [6.45, 7) is 3.47. The van der Waals surface area contributed by atoms with E-state index >= 15 is 0 Å². The quantitative estimate of drug-likeness (QED) is 0.691. The molecule has 1 aliphatic heterocycles. The Hall–Kier alpha value is -1.14. The molecule has 0 unspecified atom stereocenters. The normalized spacial score (nSPS) is 20.3. The fraction of sp³-hybridized carbons (Fsp3) is 0.867. The first kappa shape index (κ1) is 16.2. The highest BCUT2D eigenvalue weighted by molar-refractivity contribution is 5.79. The van der Waals surface area contributed by atoms with E-state index in [-0.39, 0.29) is 11.8 Å². The predicted octanol–water partition coefficient (Wildman–Crippen LogP) is 0.274. The molecule has 0 atom stereocenters. The summed E-state index contributed by atoms with van der Waals surface area (Å²) in [4.78, 5) is 25.5. The minimum Gasteiger partial charge on any atom is -0.378 e. The number of nitrogens with zero attached hydrogens (tertiary/aromatic N) is 1. The summed E-state index contributed by atoms with van der Waals surface area (Å²) in [7, 11) is 0. The van der Waals surface area contributed by atoms with Crippen molar-refractivity contribution in [2.45, 2.75) is 44.6 Å². The molecule has 2 amide bonds. The molecule has 1 saturated heterocycles. The van der Waals surface area contributed by atoms with E-state index in [0.717, 1.165) is 12.8 Å². The van der Waals surface area contributed by atoms with Gasteiger partial charge < -0.3 is 20.3 Å². The second-order valence-electron chi connectivity index (χ2n) is 5.82. The van der Waals surface area contributed by atoms with Crippen LogP contribution in [0.15, 0.2) is 0 Å². The zero-order valence-corrected chi connectivity index (χ0v) is 12.7. The van der Waals surface area contributed by atoms with Gasteiger partial charge in [-0.05, 0) is 12.8 Å². The van der Waals surface area contributed by atoms with Crippen LogP contribution in [0.4, 0.5) is 0 Å². The van der Waals surface area contributed by atoms with Gasteiger partial charge in [0, 0.05) is 32.1 Å². The molecule has 2 rings (SSSR count). The Labute approximate surface area is 126 Å². The first-order chi connectivity index (χ1) is 10.3. The zero-order valence-electron chi connectivity index (χ0n) is 12.7. The van der Waals surface area contributed by atoms with Crippen molar-refractivity contribution in [1.29, 1.82) is 0 Å². The third-order valence-electron chi connectivity index (χ3n) is 4.14. The minimum atomic E-state index is 0.0423. The van der Waals surface area contributed by atoms with Crippen LogP contribution in [0.1, 0.15) is 38.5 Å². The maximum atomic E-state index is 11.9. The molecule has 0 bridgehead atoms. The Kier molecular flexibility index (Phi) is 6.95. The van der Waals surface area contributed by atoms with Gasteiger partial charge in [0.1, 0.15) is 0 Å². The Morgan fingerprint density at radius 1 is 1.10 bits per heavy atom. The Bertz CT molecular complexity index is 337. The highest BCUT2D eigenvalue weighted by atomic mass is 16.5. The number of morpholine rings is 1. The van der Waals surface area contributed by atoms with Gasteiger partial charge in [0.2, 0.25) is 11.8 Å². The summed E-state index contributed by atoms with van der Waals surface area (Å²) in [5.74, 6) is 0.180. The molecule has 0 spiro atoms. The lowest BCUT2D eigenvalue weighted by molar-refractivity contribution is -0.135. The topological polar surface area (TPSA) is 70.7 Å². The summed E-state index contributed by atoms with van der Waals surface area (Å²) in [5.41, 5.74) is 0. The number of carbonyl (C=O) groups excluding carboxylic acids is 2. The van der Waals surface area contributed by atoms with E-state index in [2.05, 4.69) is 10.6 Å². The number of hydrogen-bond donors (Lipinski definition) is 2. The summed E-state index contributed by atoms with van der Waals surface area (Å²) >= 11 is 0. The van der Waals surface area contributed by atoms with E-state index in [4.69, 9.17) is 4.74 Å². The van der Waals surface area contributed by atoms with Crippen molar-refractivity contribution in [2.24, 2.45) is 0 Å². The Morgan fingerprint density at radius 3 is 2.52 bits per heavy atom. The van der Waals surface area contributed by atoms with E-state index in [0.29, 0.717) is 51.9 Å². The smallest absolute Gasteiger partial charge is 0.234 e. The molecule has 2 aliphatic rings. The molecule has 0 radical (unpaired) electrons. The molecule has 120 valence electrons. The number of ether oxygens (including phenoxy) is 1. The molecular weight excluding hydrogens is 270 g/mol. The lowest BCUT2D eigenvalue weighted by Gasteiger charge is -2.27. The number of nitrogens with one attached hydrogen (secondary N) is 2. The first-order valence-electron chi connectivity index (χ1n) is 8.11. The largest absolute Gasteiger partial charge is 0.378 e. The van der Waals surface area contributed by atoms with Crippen LogP contribution in [0.25, 0.3) is 0 Å². The van der Waals surface area contributed by atoms with Crippen LogP contribution in [0.5, 0.6) is 0 Å². The van der Waals surface area contributed by atoms with Crippen molar-refractivity contribution in [2.75, 3.05) is 39.4 Å². The molecule has 0 aromatic carbocycles. The van der Waals surface area contributed by atoms with Crippen LogP contribution >= 0.6 is 0 Å². The molecule has 21 heavy (non-hydrogen) atoms. The van der Waals surface area contributed by atoms with Crippen LogP contribution in [0.2, 0.25) is 0 Å². The molecule has 0 aromatic heterocycles. The molecule has 2 N–H and O–H groups in total. The standard InChI is InChI=1S/C15H27N3O3/c19-14(17-13-4-2-1-3-5-13)12-16-7-6-15(20)18-8-10-21-11-9-18/h13,16H,1-12H2,(H,17,19). The van der Waals surface area contributed by atoms with E-state index in [1.165, 1.54) is 19.3 Å². The van der Waals surface area contributed by atoms with Crippen molar-refractivity contribution in [3.05, 3.63) is 0 Å². The fourth-order valence-electron chi connectivity index (χ4n) is 2.89. The SMILES string of the molecule is O=C(CNCCC(=O)N1CCOCC1)NC1CCCCC1. The molecule has 1 saturated carbocycles. The van der Waals surface area contributed by atoms with E-state index in [1.807, 2.05) is 4.90 Å². The average molecular weight is 297 g/mol. The van der Waals surface area contributed by atoms with Gasteiger partial charge in [-0.2, -0.15) is 0 Å². The van der Waals surface area contributed by atoms with Crippen molar-refractivity contribution >= 4 is 11.8 Å². The average Bonchev–Trinajstić information content (AvgIpc) is 2.53. The zero-order chi connectivity index (χ0) is 14.9. The van der Waals surface area contributed by atoms with E-state index in [9.17, 15) is 9.59 Å². The number of amides is 2. The van der Waals surface area contributed by atoms with Crippen LogP contribution in [0.3, 0.4) is 0 Å². The van der Waals surface area contributed by atoms with Gasteiger partial charge in [0.15, 0.2) is 0 Å². The van der Waals surface area contributed by atoms with Crippen LogP contribution in [0, 0.1) is 0 Å². The highest BCUT2D eigenvalue weighted by Gasteiger charge is 2.17. The van der Waals surface area contributed by atoms with Crippen LogP contribution in [-0.2, 0) is 14.3 Å². The van der Waals surface area contributed by atoms with Crippen LogP contribution < -0.4 is 10.6 Å². The van der Waals surface area contributed by atoms with Crippen molar-refractivity contribution < 1.29 is 14.3 Å². The van der Waals surface area contributed by atoms with Gasteiger partial charge in [0.25, 0.3) is 0 Å². The highest BCUT2D eigenvalue weighted by Crippen LogP contribution is 2.17. The first-order valence-corrected chi connectivity index (χ1v) is 8.11. The van der Waals surface area contributed by atoms with Crippen molar-refractivity contribution in [1.82, 2.24) is 15.5 Å². The van der Waals surface area contributed by atoms with Gasteiger partial charge in [0.05, 0.1) is 19.8 Å². The predicted molar refractivity (Wildman–Crippen MR) is 79.9 cm³/mol. The third-order valence-corrected chi connectivity index (χ3v) is 4.14. The third kappa shape index (κ3) is 6.01. The summed E-state index contributed by atoms with van der Waals surface area (Å²) in [6, 6.07) is 0.350. The molecule has 6 heteroatoms.